The molecule has 253 valence electrons. The maximum Gasteiger partial charge on any atom is 0.106 e. The van der Waals surface area contributed by atoms with Crippen molar-refractivity contribution in [3.63, 3.8) is 0 Å². The Morgan fingerprint density at radius 1 is 0.341 bits per heavy atom. The Labute approximate surface area is 277 Å². The van der Waals surface area contributed by atoms with Crippen LogP contribution in [0.2, 0.25) is 0 Å². The fraction of sp³-hybridized carbons (Fsp3) is 1.00. The summed E-state index contributed by atoms with van der Waals surface area (Å²) in [6.45, 7) is 0. The molecule has 12 heteroatoms. The number of nitrogens with one attached hydrogen (secondary N) is 8. The van der Waals surface area contributed by atoms with Crippen LogP contribution in [0.4, 0.5) is 0 Å². The van der Waals surface area contributed by atoms with E-state index >= 15 is 0 Å². The van der Waals surface area contributed by atoms with Crippen LogP contribution in [-0.2, 0) is 22.4 Å². The molecule has 5 saturated heterocycles. The summed E-state index contributed by atoms with van der Waals surface area (Å²) in [5.74, 6) is 3.41. The molecule has 11 nitrogen and oxygen atoms in total. The molecule has 0 aromatic heterocycles. The first-order valence-corrected chi connectivity index (χ1v) is 18.2. The number of aliphatic hydroxyl groups is 3. The molecule has 44 heavy (non-hydrogen) atoms. The van der Waals surface area contributed by atoms with E-state index in [-0.39, 0.29) is 71.2 Å². The van der Waals surface area contributed by atoms with Crippen molar-refractivity contribution in [3.05, 3.63) is 0 Å². The summed E-state index contributed by atoms with van der Waals surface area (Å²) in [4.78, 5) is 0. The monoisotopic (exact) mass is 797 g/mol. The van der Waals surface area contributed by atoms with Crippen molar-refractivity contribution in [2.45, 2.75) is 151 Å². The third-order valence-electron chi connectivity index (χ3n) is 14.0. The summed E-state index contributed by atoms with van der Waals surface area (Å²) < 4.78 is 0. The molecule has 0 aromatic rings. The third-order valence-corrected chi connectivity index (χ3v) is 14.0. The van der Waals surface area contributed by atoms with Crippen LogP contribution in [0.5, 0.6) is 0 Å². The van der Waals surface area contributed by atoms with E-state index in [0.29, 0.717) is 54.3 Å². The van der Waals surface area contributed by atoms with E-state index in [4.69, 9.17) is 0 Å². The van der Waals surface area contributed by atoms with E-state index in [9.17, 15) is 15.3 Å². The van der Waals surface area contributed by atoms with Crippen molar-refractivity contribution in [1.29, 1.82) is 0 Å². The standard InChI is InChI=1S/C32H56N8O3.Au/c41-21-13-20-22(24(43)23(21)42)32-39-30-19-12-6-5-11-18(19)28(37-30)35-26-15-8-2-1-7-14(15)25(33-26)34-27-16-9-3-4-10-17(16)29(36-27)38-31(20)40-32;/h14-43H,1-13H2;. The Kier molecular flexibility index (Phi) is 9.06. The van der Waals surface area contributed by atoms with Crippen molar-refractivity contribution in [1.82, 2.24) is 42.5 Å². The normalized spacial score (nSPS) is 58.3. The number of fused-ring (bicyclic) bond motifs is 20. The second kappa shape index (κ2) is 12.6. The Morgan fingerprint density at radius 3 is 0.932 bits per heavy atom. The average molecular weight is 798 g/mol. The molecular formula is C32H56AuN8O3. The Hall–Kier alpha value is 0.300. The summed E-state index contributed by atoms with van der Waals surface area (Å²) in [5.41, 5.74) is 0. The van der Waals surface area contributed by atoms with Gasteiger partial charge in [-0.1, -0.05) is 38.5 Å². The van der Waals surface area contributed by atoms with Gasteiger partial charge in [0.2, 0.25) is 0 Å². The van der Waals surface area contributed by atoms with E-state index in [1.807, 2.05) is 0 Å². The van der Waals surface area contributed by atoms with Crippen molar-refractivity contribution in [2.75, 3.05) is 0 Å². The summed E-state index contributed by atoms with van der Waals surface area (Å²) in [6, 6.07) is 0. The molecule has 5 heterocycles. The molecule has 0 aromatic carbocycles. The van der Waals surface area contributed by atoms with Crippen molar-refractivity contribution >= 4 is 0 Å². The molecule has 11 N–H and O–H groups in total. The molecule has 5 aliphatic heterocycles. The molecule has 19 unspecified atom stereocenters. The van der Waals surface area contributed by atoms with Crippen LogP contribution in [-0.4, -0.2) is 83.0 Å². The van der Waals surface area contributed by atoms with Crippen LogP contribution >= 0.6 is 0 Å². The predicted molar refractivity (Wildman–Crippen MR) is 161 cm³/mol. The fourth-order valence-corrected chi connectivity index (χ4v) is 12.0. The van der Waals surface area contributed by atoms with Gasteiger partial charge >= 0.3 is 0 Å². The van der Waals surface area contributed by atoms with Crippen LogP contribution < -0.4 is 42.5 Å². The second-order valence-electron chi connectivity index (χ2n) is 16.0. The first kappa shape index (κ1) is 31.6. The number of rotatable bonds is 0. The van der Waals surface area contributed by atoms with Gasteiger partial charge in [-0.3, -0.25) is 42.5 Å². The molecule has 9 fully saturated rings. The molecular weight excluding hydrogens is 741 g/mol. The van der Waals surface area contributed by atoms with E-state index in [1.54, 1.807) is 0 Å². The summed E-state index contributed by atoms with van der Waals surface area (Å²) in [6.07, 6.45) is 14.1. The molecule has 19 atom stereocenters. The second-order valence-corrected chi connectivity index (χ2v) is 16.0. The molecule has 4 saturated carbocycles. The van der Waals surface area contributed by atoms with Crippen LogP contribution in [0.15, 0.2) is 0 Å². The maximum absolute atomic E-state index is 11.4. The molecule has 4 aliphatic carbocycles. The molecule has 1 radical (unpaired) electrons. The zero-order valence-electron chi connectivity index (χ0n) is 25.8. The van der Waals surface area contributed by atoms with Crippen molar-refractivity contribution < 1.29 is 37.7 Å². The summed E-state index contributed by atoms with van der Waals surface area (Å²) in [7, 11) is 0. The minimum atomic E-state index is -1.11. The van der Waals surface area contributed by atoms with E-state index in [1.165, 1.54) is 77.0 Å². The smallest absolute Gasteiger partial charge is 0.106 e. The van der Waals surface area contributed by atoms with Crippen LogP contribution in [0.1, 0.15) is 83.5 Å². The largest absolute Gasteiger partial charge is 0.390 e. The number of hydrogen-bond acceptors (Lipinski definition) is 11. The zero-order chi connectivity index (χ0) is 28.8. The maximum atomic E-state index is 11.4. The Morgan fingerprint density at radius 2 is 0.614 bits per heavy atom. The number of aliphatic hydroxyl groups excluding tert-OH is 3. The van der Waals surface area contributed by atoms with Crippen molar-refractivity contribution in [3.8, 4) is 0 Å². The number of hydrogen-bond donors (Lipinski definition) is 11. The van der Waals surface area contributed by atoms with Gasteiger partial charge in [-0.25, -0.2) is 0 Å². The molecule has 0 spiro atoms. The minimum absolute atomic E-state index is 0. The van der Waals surface area contributed by atoms with Gasteiger partial charge in [0.1, 0.15) is 6.10 Å². The quantitative estimate of drug-likeness (QED) is 0.144. The fourth-order valence-electron chi connectivity index (χ4n) is 12.0. The van der Waals surface area contributed by atoms with E-state index < -0.39 is 18.3 Å². The topological polar surface area (TPSA) is 157 Å². The van der Waals surface area contributed by atoms with Gasteiger partial charge < -0.3 is 15.3 Å². The van der Waals surface area contributed by atoms with Gasteiger partial charge in [0.15, 0.2) is 0 Å². The summed E-state index contributed by atoms with van der Waals surface area (Å²) in [5, 5.41) is 65.3. The van der Waals surface area contributed by atoms with Crippen LogP contribution in [0, 0.1) is 47.3 Å². The predicted octanol–water partition coefficient (Wildman–Crippen LogP) is -0.484. The molecule has 8 bridgehead atoms. The van der Waals surface area contributed by atoms with Gasteiger partial charge in [-0.15, -0.1) is 0 Å². The third kappa shape index (κ3) is 5.24. The minimum Gasteiger partial charge on any atom is -0.390 e. The van der Waals surface area contributed by atoms with Crippen LogP contribution in [0.25, 0.3) is 0 Å². The SMILES string of the molecule is OC1CC2C3NC4NC(NC5NC(NC6NC(NC(N3)C2C(O)C1O)C1CCCCC61)C1CCCCC51)C1CCCCC41.[Au]. The van der Waals surface area contributed by atoms with Crippen molar-refractivity contribution in [2.24, 2.45) is 47.3 Å². The van der Waals surface area contributed by atoms with Gasteiger partial charge in [0.05, 0.1) is 61.5 Å². The van der Waals surface area contributed by atoms with Gasteiger partial charge in [0.25, 0.3) is 0 Å². The van der Waals surface area contributed by atoms with E-state index in [0.717, 1.165) is 0 Å². The van der Waals surface area contributed by atoms with Gasteiger partial charge in [-0.2, -0.15) is 0 Å². The van der Waals surface area contributed by atoms with Gasteiger partial charge in [-0.05, 0) is 86.4 Å². The Bertz CT molecular complexity index is 1030. The first-order chi connectivity index (χ1) is 21.0. The molecule has 9 rings (SSSR count). The van der Waals surface area contributed by atoms with Crippen LogP contribution in [0.3, 0.4) is 0 Å². The summed E-state index contributed by atoms with van der Waals surface area (Å²) >= 11 is 0. The zero-order valence-corrected chi connectivity index (χ0v) is 28.0. The van der Waals surface area contributed by atoms with Gasteiger partial charge in [0, 0.05) is 28.3 Å². The van der Waals surface area contributed by atoms with E-state index in [2.05, 4.69) is 42.5 Å². The first-order valence-electron chi connectivity index (χ1n) is 18.2. The molecule has 0 amide bonds. The molecule has 9 aliphatic rings. The average Bonchev–Trinajstić information content (AvgIpc) is 3.75. The Balaban J connectivity index is 0.00000289.